The van der Waals surface area contributed by atoms with Crippen molar-refractivity contribution >= 4 is 11.6 Å². The Balaban J connectivity index is 1.85. The van der Waals surface area contributed by atoms with E-state index in [1.165, 1.54) is 12.1 Å². The van der Waals surface area contributed by atoms with Gasteiger partial charge in [0.1, 0.15) is 11.8 Å². The molecule has 1 aromatic heterocycles. The molecule has 156 valence electrons. The number of non-ortho nitro benzene ring substituents is 1. The lowest BCUT2D eigenvalue weighted by atomic mass is 9.98. The number of rotatable bonds is 8. The zero-order valence-electron chi connectivity index (χ0n) is 16.9. The monoisotopic (exact) mass is 410 g/mol. The quantitative estimate of drug-likeness (QED) is 0.437. The number of nitrogens with zero attached hydrogens (tertiary/aromatic N) is 3. The van der Waals surface area contributed by atoms with E-state index < -0.39 is 11.0 Å². The number of carbonyl (C=O) groups is 1. The Hall–Kier alpha value is -3.75. The van der Waals surface area contributed by atoms with Crippen molar-refractivity contribution in [2.24, 2.45) is 5.92 Å². The van der Waals surface area contributed by atoms with Gasteiger partial charge in [0.15, 0.2) is 0 Å². The third-order valence-corrected chi connectivity index (χ3v) is 4.87. The predicted molar refractivity (Wildman–Crippen MR) is 109 cm³/mol. The number of nitrogens with one attached hydrogen (secondary N) is 1. The topological polar surface area (TPSA) is 120 Å². The van der Waals surface area contributed by atoms with Gasteiger partial charge in [-0.3, -0.25) is 14.9 Å². The van der Waals surface area contributed by atoms with Crippen molar-refractivity contribution in [1.82, 2.24) is 15.5 Å². The maximum Gasteiger partial charge on any atom is 0.270 e. The standard InChI is InChI=1S/C21H22N4O5/c1-4-13(2)18(22-20(26)14-8-10-17(29-3)11-9-14)21-23-19(24-30-21)15-6-5-7-16(12-15)25(27)28/h5-13,18H,4H2,1-3H3,(H,22,26)/t13-,18-/m0/s1. The third kappa shape index (κ3) is 4.62. The number of aromatic nitrogens is 2. The number of benzene rings is 2. The molecule has 0 aliphatic rings. The molecule has 0 fully saturated rings. The highest BCUT2D eigenvalue weighted by Gasteiger charge is 2.27. The highest BCUT2D eigenvalue weighted by Crippen LogP contribution is 2.27. The predicted octanol–water partition coefficient (Wildman–Crippen LogP) is 4.17. The van der Waals surface area contributed by atoms with E-state index in [4.69, 9.17) is 9.26 Å². The van der Waals surface area contributed by atoms with Gasteiger partial charge in [-0.1, -0.05) is 37.6 Å². The normalized spacial score (nSPS) is 12.8. The van der Waals surface area contributed by atoms with E-state index in [9.17, 15) is 14.9 Å². The molecule has 0 bridgehead atoms. The Morgan fingerprint density at radius 3 is 2.63 bits per heavy atom. The van der Waals surface area contributed by atoms with Crippen LogP contribution in [0.5, 0.6) is 5.75 Å². The number of methoxy groups -OCH3 is 1. The summed E-state index contributed by atoms with van der Waals surface area (Å²) in [5.41, 5.74) is 0.872. The molecule has 1 heterocycles. The van der Waals surface area contributed by atoms with Gasteiger partial charge in [0.25, 0.3) is 11.6 Å². The molecule has 9 nitrogen and oxygen atoms in total. The van der Waals surface area contributed by atoms with E-state index in [2.05, 4.69) is 15.5 Å². The van der Waals surface area contributed by atoms with Gasteiger partial charge >= 0.3 is 0 Å². The Kier molecular flexibility index (Phi) is 6.41. The molecule has 0 saturated heterocycles. The number of hydrogen-bond acceptors (Lipinski definition) is 7. The van der Waals surface area contributed by atoms with Gasteiger partial charge in [-0.15, -0.1) is 0 Å². The molecule has 0 saturated carbocycles. The average molecular weight is 410 g/mol. The number of carbonyl (C=O) groups excluding carboxylic acids is 1. The van der Waals surface area contributed by atoms with E-state index in [-0.39, 0.29) is 29.2 Å². The summed E-state index contributed by atoms with van der Waals surface area (Å²) in [4.78, 5) is 27.6. The Morgan fingerprint density at radius 1 is 1.27 bits per heavy atom. The van der Waals surface area contributed by atoms with Crippen molar-refractivity contribution in [1.29, 1.82) is 0 Å². The highest BCUT2D eigenvalue weighted by molar-refractivity contribution is 5.94. The molecule has 3 rings (SSSR count). The first-order chi connectivity index (χ1) is 14.4. The minimum Gasteiger partial charge on any atom is -0.497 e. The van der Waals surface area contributed by atoms with E-state index in [1.807, 2.05) is 13.8 Å². The smallest absolute Gasteiger partial charge is 0.270 e. The second-order valence-electron chi connectivity index (χ2n) is 6.83. The van der Waals surface area contributed by atoms with E-state index >= 15 is 0 Å². The molecule has 0 aliphatic heterocycles. The van der Waals surface area contributed by atoms with E-state index in [0.29, 0.717) is 16.9 Å². The second-order valence-corrected chi connectivity index (χ2v) is 6.83. The first kappa shape index (κ1) is 21.0. The van der Waals surface area contributed by atoms with E-state index in [0.717, 1.165) is 6.42 Å². The lowest BCUT2D eigenvalue weighted by molar-refractivity contribution is -0.384. The maximum atomic E-state index is 12.7. The number of amides is 1. The number of nitro groups is 1. The minimum absolute atomic E-state index is 0.0191. The van der Waals surface area contributed by atoms with Crippen molar-refractivity contribution in [2.45, 2.75) is 26.3 Å². The van der Waals surface area contributed by atoms with Crippen LogP contribution < -0.4 is 10.1 Å². The molecule has 2 atom stereocenters. The summed E-state index contributed by atoms with van der Waals surface area (Å²) in [6.07, 6.45) is 0.766. The van der Waals surface area contributed by atoms with Crippen molar-refractivity contribution in [3.05, 3.63) is 70.1 Å². The maximum absolute atomic E-state index is 12.7. The van der Waals surface area contributed by atoms with Gasteiger partial charge < -0.3 is 14.6 Å². The molecule has 1 N–H and O–H groups in total. The van der Waals surface area contributed by atoms with Crippen LogP contribution in [0.2, 0.25) is 0 Å². The molecular formula is C21H22N4O5. The molecule has 30 heavy (non-hydrogen) atoms. The first-order valence-corrected chi connectivity index (χ1v) is 9.46. The number of nitro benzene ring substituents is 1. The van der Waals surface area contributed by atoms with Gasteiger partial charge in [0.2, 0.25) is 11.7 Å². The number of ether oxygens (including phenoxy) is 1. The summed E-state index contributed by atoms with van der Waals surface area (Å²) in [5, 5.41) is 17.9. The summed E-state index contributed by atoms with van der Waals surface area (Å²) in [7, 11) is 1.56. The van der Waals surface area contributed by atoms with E-state index in [1.54, 1.807) is 43.5 Å². The van der Waals surface area contributed by atoms with Gasteiger partial charge in [-0.2, -0.15) is 4.98 Å². The fraction of sp³-hybridized carbons (Fsp3) is 0.286. The fourth-order valence-corrected chi connectivity index (χ4v) is 2.89. The summed E-state index contributed by atoms with van der Waals surface area (Å²) in [6.45, 7) is 3.96. The lowest BCUT2D eigenvalue weighted by Gasteiger charge is -2.20. The van der Waals surface area contributed by atoms with Gasteiger partial charge in [0, 0.05) is 23.3 Å². The molecule has 2 aromatic carbocycles. The molecular weight excluding hydrogens is 388 g/mol. The largest absolute Gasteiger partial charge is 0.497 e. The first-order valence-electron chi connectivity index (χ1n) is 9.46. The van der Waals surface area contributed by atoms with Crippen LogP contribution in [0, 0.1) is 16.0 Å². The van der Waals surface area contributed by atoms with Gasteiger partial charge in [-0.25, -0.2) is 0 Å². The van der Waals surface area contributed by atoms with Gasteiger partial charge in [-0.05, 0) is 30.2 Å². The summed E-state index contributed by atoms with van der Waals surface area (Å²) in [5.74, 6) is 0.862. The van der Waals surface area contributed by atoms with Crippen molar-refractivity contribution < 1.29 is 19.0 Å². The Morgan fingerprint density at radius 2 is 2.00 bits per heavy atom. The molecule has 3 aromatic rings. The summed E-state index contributed by atoms with van der Waals surface area (Å²) < 4.78 is 10.5. The highest BCUT2D eigenvalue weighted by atomic mass is 16.6. The van der Waals surface area contributed by atoms with Crippen molar-refractivity contribution in [2.75, 3.05) is 7.11 Å². The molecule has 1 amide bonds. The molecule has 0 spiro atoms. The Bertz CT molecular complexity index is 1030. The third-order valence-electron chi connectivity index (χ3n) is 4.87. The zero-order valence-corrected chi connectivity index (χ0v) is 16.9. The molecule has 0 unspecified atom stereocenters. The summed E-state index contributed by atoms with van der Waals surface area (Å²) in [6, 6.07) is 12.2. The second kappa shape index (κ2) is 9.17. The van der Waals surface area contributed by atoms with Crippen LogP contribution in [-0.4, -0.2) is 28.1 Å². The average Bonchev–Trinajstić information content (AvgIpc) is 3.27. The van der Waals surface area contributed by atoms with Gasteiger partial charge in [0.05, 0.1) is 12.0 Å². The molecule has 0 radical (unpaired) electrons. The minimum atomic E-state index is -0.510. The lowest BCUT2D eigenvalue weighted by Crippen LogP contribution is -2.32. The summed E-state index contributed by atoms with van der Waals surface area (Å²) >= 11 is 0. The SMILES string of the molecule is CC[C@H](C)[C@H](NC(=O)c1ccc(OC)cc1)c1nc(-c2cccc([N+](=O)[O-])c2)no1. The number of hydrogen-bond donors (Lipinski definition) is 1. The fourth-order valence-electron chi connectivity index (χ4n) is 2.89. The Labute approximate surface area is 173 Å². The molecule has 0 aliphatic carbocycles. The van der Waals surface area contributed by atoms with Crippen LogP contribution in [-0.2, 0) is 0 Å². The van der Waals surface area contributed by atoms with Crippen LogP contribution in [0.15, 0.2) is 53.1 Å². The molecule has 9 heteroatoms. The van der Waals surface area contributed by atoms with Crippen molar-refractivity contribution in [3.63, 3.8) is 0 Å². The van der Waals surface area contributed by atoms with Crippen LogP contribution in [0.25, 0.3) is 11.4 Å². The zero-order chi connectivity index (χ0) is 21.7. The van der Waals surface area contributed by atoms with Crippen molar-refractivity contribution in [3.8, 4) is 17.1 Å². The van der Waals surface area contributed by atoms with Crippen LogP contribution in [0.3, 0.4) is 0 Å². The van der Waals surface area contributed by atoms with Crippen LogP contribution in [0.4, 0.5) is 5.69 Å². The van der Waals surface area contributed by atoms with Crippen LogP contribution in [0.1, 0.15) is 42.6 Å². The van der Waals surface area contributed by atoms with Crippen LogP contribution >= 0.6 is 0 Å².